The van der Waals surface area contributed by atoms with Crippen LogP contribution in [0.4, 0.5) is 0 Å². The van der Waals surface area contributed by atoms with Gasteiger partial charge in [-0.2, -0.15) is 0 Å². The molecule has 5 aromatic carbocycles. The van der Waals surface area contributed by atoms with E-state index in [1.165, 1.54) is 5.56 Å². The molecule has 0 saturated heterocycles. The van der Waals surface area contributed by atoms with Crippen LogP contribution >= 0.6 is 0 Å². The van der Waals surface area contributed by atoms with Gasteiger partial charge in [0.25, 0.3) is 5.56 Å². The van der Waals surface area contributed by atoms with E-state index in [2.05, 4.69) is 97.1 Å². The van der Waals surface area contributed by atoms with Crippen molar-refractivity contribution < 1.29 is 0 Å². The Morgan fingerprint density at radius 3 is 2.23 bits per heavy atom. The molecule has 0 bridgehead atoms. The van der Waals surface area contributed by atoms with Crippen LogP contribution in [-0.2, 0) is 0 Å². The van der Waals surface area contributed by atoms with Gasteiger partial charge in [0.1, 0.15) is 5.65 Å². The summed E-state index contributed by atoms with van der Waals surface area (Å²) < 4.78 is 1.84. The van der Waals surface area contributed by atoms with Crippen molar-refractivity contribution >= 4 is 38.2 Å². The third-order valence-electron chi connectivity index (χ3n) is 8.07. The molecule has 0 aliphatic heterocycles. The zero-order valence-corrected chi connectivity index (χ0v) is 21.2. The van der Waals surface area contributed by atoms with Gasteiger partial charge in [-0.15, -0.1) is 0 Å². The van der Waals surface area contributed by atoms with Crippen LogP contribution in [0.5, 0.6) is 0 Å². The standard InChI is InChI=1S/C36H24N2O/c39-36-30-20-19-27(24-13-6-2-7-14-24)28-17-10-18-29(33(28)30)35-37-32-22-26(23-11-4-1-5-12-23)21-31(34(32)38(35)36)25-15-8-3-9-16-25/h1-13,15-22,24H,14H2. The smallest absolute Gasteiger partial charge is 0.264 e. The quantitative estimate of drug-likeness (QED) is 0.244. The van der Waals surface area contributed by atoms with Gasteiger partial charge in [0.15, 0.2) is 0 Å². The maximum Gasteiger partial charge on any atom is 0.264 e. The molecule has 39 heavy (non-hydrogen) atoms. The van der Waals surface area contributed by atoms with E-state index < -0.39 is 0 Å². The van der Waals surface area contributed by atoms with Gasteiger partial charge < -0.3 is 0 Å². The highest BCUT2D eigenvalue weighted by Gasteiger charge is 2.22. The number of fused-ring (bicyclic) bond motifs is 4. The molecule has 0 radical (unpaired) electrons. The summed E-state index contributed by atoms with van der Waals surface area (Å²) in [5, 5.41) is 3.89. The number of aromatic nitrogens is 2. The highest BCUT2D eigenvalue weighted by atomic mass is 16.1. The number of hydrogen-bond acceptors (Lipinski definition) is 2. The van der Waals surface area contributed by atoms with Gasteiger partial charge in [-0.1, -0.05) is 109 Å². The van der Waals surface area contributed by atoms with Crippen LogP contribution in [0.3, 0.4) is 0 Å². The largest absolute Gasteiger partial charge is 0.268 e. The van der Waals surface area contributed by atoms with Gasteiger partial charge in [-0.25, -0.2) is 4.98 Å². The fraction of sp³-hybridized carbons (Fsp3) is 0.0556. The summed E-state index contributed by atoms with van der Waals surface area (Å²) >= 11 is 0. The molecule has 0 saturated carbocycles. The molecule has 3 heteroatoms. The Morgan fingerprint density at radius 2 is 1.46 bits per heavy atom. The Bertz CT molecular complexity index is 2160. The molecule has 184 valence electrons. The van der Waals surface area contributed by atoms with E-state index in [9.17, 15) is 4.79 Å². The van der Waals surface area contributed by atoms with E-state index >= 15 is 0 Å². The first-order valence-electron chi connectivity index (χ1n) is 13.4. The number of nitrogens with zero attached hydrogens (tertiary/aromatic N) is 2. The topological polar surface area (TPSA) is 34.4 Å². The predicted octanol–water partition coefficient (Wildman–Crippen LogP) is 8.53. The minimum atomic E-state index is -0.0218. The molecule has 0 amide bonds. The summed E-state index contributed by atoms with van der Waals surface area (Å²) in [6, 6.07) is 35.5. The van der Waals surface area contributed by atoms with Crippen LogP contribution in [0.1, 0.15) is 17.9 Å². The Morgan fingerprint density at radius 1 is 0.692 bits per heavy atom. The third-order valence-corrected chi connectivity index (χ3v) is 8.07. The van der Waals surface area contributed by atoms with Gasteiger partial charge in [-0.05, 0) is 52.3 Å². The highest BCUT2D eigenvalue weighted by Crippen LogP contribution is 2.39. The maximum absolute atomic E-state index is 14.3. The van der Waals surface area contributed by atoms with Gasteiger partial charge in [0.05, 0.1) is 11.0 Å². The van der Waals surface area contributed by atoms with E-state index in [-0.39, 0.29) is 5.56 Å². The lowest BCUT2D eigenvalue weighted by Gasteiger charge is -2.18. The number of hydrogen-bond donors (Lipinski definition) is 0. The molecule has 1 aliphatic rings. The molecule has 0 spiro atoms. The third kappa shape index (κ3) is 3.30. The molecule has 7 aromatic rings. The van der Waals surface area contributed by atoms with Crippen molar-refractivity contribution in [1.82, 2.24) is 9.38 Å². The summed E-state index contributed by atoms with van der Waals surface area (Å²) in [6.07, 6.45) is 9.64. The van der Waals surface area contributed by atoms with Gasteiger partial charge >= 0.3 is 0 Å². The van der Waals surface area contributed by atoms with Gasteiger partial charge in [0.2, 0.25) is 0 Å². The molecule has 2 heterocycles. The summed E-state index contributed by atoms with van der Waals surface area (Å²) in [5.41, 5.74) is 7.90. The van der Waals surface area contributed by atoms with Crippen LogP contribution in [0.25, 0.3) is 60.5 Å². The van der Waals surface area contributed by atoms with Crippen molar-refractivity contribution in [2.45, 2.75) is 12.3 Å². The van der Waals surface area contributed by atoms with E-state index in [0.717, 1.165) is 61.3 Å². The number of rotatable bonds is 3. The number of benzene rings is 5. The summed E-state index contributed by atoms with van der Waals surface area (Å²) in [6.45, 7) is 0. The Kier molecular flexibility index (Phi) is 4.80. The first-order valence-corrected chi connectivity index (χ1v) is 13.4. The maximum atomic E-state index is 14.3. The number of pyridine rings is 1. The SMILES string of the molecule is O=c1c2ccc(C3C=CC=CC3)c3cccc(c32)c2nc3cc(-c4ccccc4)cc(-c4ccccc4)c3n12. The van der Waals surface area contributed by atoms with Crippen LogP contribution < -0.4 is 5.56 Å². The monoisotopic (exact) mass is 500 g/mol. The van der Waals surface area contributed by atoms with Crippen molar-refractivity contribution in [2.24, 2.45) is 0 Å². The zero-order valence-electron chi connectivity index (χ0n) is 21.2. The van der Waals surface area contributed by atoms with E-state index in [4.69, 9.17) is 4.98 Å². The number of imidazole rings is 1. The molecule has 0 fully saturated rings. The molecule has 1 aliphatic carbocycles. The van der Waals surface area contributed by atoms with E-state index in [1.54, 1.807) is 0 Å². The number of allylic oxidation sites excluding steroid dienone is 4. The second kappa shape index (κ2) is 8.50. The normalized spacial score (nSPS) is 15.2. The van der Waals surface area contributed by atoms with E-state index in [0.29, 0.717) is 11.6 Å². The average Bonchev–Trinajstić information content (AvgIpc) is 3.40. The van der Waals surface area contributed by atoms with Gasteiger partial charge in [-0.3, -0.25) is 9.20 Å². The molecule has 8 rings (SSSR count). The summed E-state index contributed by atoms with van der Waals surface area (Å²) in [5.74, 6) is 0.299. The Labute approximate surface area is 225 Å². The van der Waals surface area contributed by atoms with Crippen LogP contribution in [0.2, 0.25) is 0 Å². The average molecular weight is 501 g/mol. The fourth-order valence-corrected chi connectivity index (χ4v) is 6.27. The lowest BCUT2D eigenvalue weighted by molar-refractivity contribution is 0.862. The fourth-order valence-electron chi connectivity index (χ4n) is 6.27. The molecule has 1 atom stereocenters. The molecule has 0 N–H and O–H groups in total. The van der Waals surface area contributed by atoms with Crippen LogP contribution in [0, 0.1) is 0 Å². The van der Waals surface area contributed by atoms with Crippen molar-refractivity contribution in [3.63, 3.8) is 0 Å². The van der Waals surface area contributed by atoms with Crippen LogP contribution in [0.15, 0.2) is 132 Å². The first kappa shape index (κ1) is 22.0. The predicted molar refractivity (Wildman–Crippen MR) is 162 cm³/mol. The molecule has 3 nitrogen and oxygen atoms in total. The van der Waals surface area contributed by atoms with Crippen LogP contribution in [-0.4, -0.2) is 9.38 Å². The molecule has 2 aromatic heterocycles. The molecular formula is C36H24N2O. The van der Waals surface area contributed by atoms with Crippen molar-refractivity contribution in [2.75, 3.05) is 0 Å². The lowest BCUT2D eigenvalue weighted by Crippen LogP contribution is -2.14. The summed E-state index contributed by atoms with van der Waals surface area (Å²) in [7, 11) is 0. The zero-order chi connectivity index (χ0) is 25.9. The van der Waals surface area contributed by atoms with Crippen molar-refractivity contribution in [3.8, 4) is 22.3 Å². The molecular weight excluding hydrogens is 476 g/mol. The van der Waals surface area contributed by atoms with Crippen molar-refractivity contribution in [1.29, 1.82) is 0 Å². The van der Waals surface area contributed by atoms with Crippen molar-refractivity contribution in [3.05, 3.63) is 143 Å². The summed E-state index contributed by atoms with van der Waals surface area (Å²) in [4.78, 5) is 19.5. The first-order chi connectivity index (χ1) is 19.3. The minimum Gasteiger partial charge on any atom is -0.268 e. The second-order valence-electron chi connectivity index (χ2n) is 10.3. The van der Waals surface area contributed by atoms with Gasteiger partial charge in [0, 0.05) is 27.6 Å². The minimum absolute atomic E-state index is 0.0218. The molecule has 1 unspecified atom stereocenters. The Balaban J connectivity index is 1.51. The van der Waals surface area contributed by atoms with E-state index in [1.807, 2.05) is 34.7 Å². The lowest BCUT2D eigenvalue weighted by atomic mass is 9.87. The second-order valence-corrected chi connectivity index (χ2v) is 10.3. The highest BCUT2D eigenvalue weighted by molar-refractivity contribution is 6.17. The Hall–Kier alpha value is -5.02.